The van der Waals surface area contributed by atoms with Gasteiger partial charge in [-0.15, -0.1) is 0 Å². The highest BCUT2D eigenvalue weighted by Crippen LogP contribution is 2.44. The summed E-state index contributed by atoms with van der Waals surface area (Å²) >= 11 is 0. The van der Waals surface area contributed by atoms with E-state index in [0.717, 1.165) is 32.1 Å². The van der Waals surface area contributed by atoms with Gasteiger partial charge in [0.15, 0.2) is 0 Å². The summed E-state index contributed by atoms with van der Waals surface area (Å²) < 4.78 is 10.5. The molecule has 1 fully saturated rings. The molecule has 1 aliphatic heterocycles. The first kappa shape index (κ1) is 12.8. The molecule has 5 heteroatoms. The van der Waals surface area contributed by atoms with Crippen molar-refractivity contribution >= 4 is 19.8 Å². The molecular formula is C14H17BO4. The van der Waals surface area contributed by atoms with E-state index in [1.165, 1.54) is 11.1 Å². The highest BCUT2D eigenvalue weighted by Gasteiger charge is 2.42. The lowest BCUT2D eigenvalue weighted by Crippen LogP contribution is -2.29. The molecule has 2 unspecified atom stereocenters. The van der Waals surface area contributed by atoms with Gasteiger partial charge in [-0.05, 0) is 25.7 Å². The van der Waals surface area contributed by atoms with E-state index < -0.39 is 0 Å². The summed E-state index contributed by atoms with van der Waals surface area (Å²) in [4.78, 5) is 22.8. The van der Waals surface area contributed by atoms with Gasteiger partial charge in [0, 0.05) is 18.7 Å². The molecule has 0 saturated carbocycles. The maximum Gasteiger partial charge on any atom is 0.309 e. The highest BCUT2D eigenvalue weighted by atomic mass is 16.5. The first-order valence-corrected chi connectivity index (χ1v) is 6.93. The molecule has 0 amide bonds. The monoisotopic (exact) mass is 260 g/mol. The van der Waals surface area contributed by atoms with Crippen molar-refractivity contribution in [1.82, 2.24) is 0 Å². The third kappa shape index (κ3) is 2.43. The average molecular weight is 260 g/mol. The standard InChI is InChI=1S/C14H17BO4/c15-6-13(16)19-11-2-1-8-5-12-10(3-9(8)4-11)7-18-14(12)17/h10-12H,1-7H2/t10?,11-,12?/m0/s1. The smallest absolute Gasteiger partial charge is 0.309 e. The van der Waals surface area contributed by atoms with E-state index >= 15 is 0 Å². The minimum atomic E-state index is -0.331. The fourth-order valence-corrected chi connectivity index (χ4v) is 3.48. The number of carbonyl (C=O) groups excluding carboxylic acids is 2. The Morgan fingerprint density at radius 1 is 1.32 bits per heavy atom. The number of esters is 2. The van der Waals surface area contributed by atoms with Crippen LogP contribution >= 0.6 is 0 Å². The minimum absolute atomic E-state index is 0.0340. The normalized spacial score (nSPS) is 33.5. The maximum atomic E-state index is 11.6. The summed E-state index contributed by atoms with van der Waals surface area (Å²) in [5.41, 5.74) is 2.76. The predicted octanol–water partition coefficient (Wildman–Crippen LogP) is 1.55. The van der Waals surface area contributed by atoms with Crippen molar-refractivity contribution in [2.45, 2.75) is 44.5 Å². The second-order valence-electron chi connectivity index (χ2n) is 5.67. The molecule has 1 saturated heterocycles. The third-order valence-electron chi connectivity index (χ3n) is 4.49. The van der Waals surface area contributed by atoms with Gasteiger partial charge in [-0.1, -0.05) is 11.1 Å². The lowest BCUT2D eigenvalue weighted by Gasteiger charge is -2.33. The molecular weight excluding hydrogens is 243 g/mol. The van der Waals surface area contributed by atoms with Crippen molar-refractivity contribution in [1.29, 1.82) is 0 Å². The molecule has 3 atom stereocenters. The molecule has 0 aromatic rings. The van der Waals surface area contributed by atoms with E-state index in [4.69, 9.17) is 17.3 Å². The second-order valence-corrected chi connectivity index (χ2v) is 5.67. The van der Waals surface area contributed by atoms with Crippen LogP contribution in [0.4, 0.5) is 0 Å². The topological polar surface area (TPSA) is 52.6 Å². The lowest BCUT2D eigenvalue weighted by atomic mass is 9.72. The Labute approximate surface area is 113 Å². The van der Waals surface area contributed by atoms with Crippen LogP contribution in [0.25, 0.3) is 0 Å². The van der Waals surface area contributed by atoms with E-state index in [1.807, 2.05) is 0 Å². The summed E-state index contributed by atoms with van der Waals surface area (Å²) in [6.07, 6.45) is 4.24. The van der Waals surface area contributed by atoms with Gasteiger partial charge in [0.05, 0.1) is 20.4 Å². The second kappa shape index (κ2) is 5.02. The quantitative estimate of drug-likeness (QED) is 0.429. The van der Waals surface area contributed by atoms with Crippen LogP contribution in [0.3, 0.4) is 0 Å². The zero-order chi connectivity index (χ0) is 13.4. The van der Waals surface area contributed by atoms with Gasteiger partial charge in [0.2, 0.25) is 0 Å². The van der Waals surface area contributed by atoms with Crippen molar-refractivity contribution in [3.63, 3.8) is 0 Å². The van der Waals surface area contributed by atoms with E-state index in [0.29, 0.717) is 12.5 Å². The third-order valence-corrected chi connectivity index (χ3v) is 4.49. The molecule has 3 rings (SSSR count). The van der Waals surface area contributed by atoms with Crippen LogP contribution in [0.5, 0.6) is 0 Å². The first-order chi connectivity index (χ1) is 9.17. The number of cyclic esters (lactones) is 1. The molecule has 19 heavy (non-hydrogen) atoms. The van der Waals surface area contributed by atoms with Gasteiger partial charge in [0.25, 0.3) is 5.97 Å². The molecule has 2 aliphatic carbocycles. The number of ether oxygens (including phenoxy) is 2. The van der Waals surface area contributed by atoms with Crippen molar-refractivity contribution in [2.24, 2.45) is 11.8 Å². The van der Waals surface area contributed by atoms with Gasteiger partial charge in [-0.2, -0.15) is 0 Å². The van der Waals surface area contributed by atoms with Crippen LogP contribution in [-0.2, 0) is 19.1 Å². The number of fused-ring (bicyclic) bond motifs is 1. The van der Waals surface area contributed by atoms with Crippen LogP contribution < -0.4 is 0 Å². The zero-order valence-electron chi connectivity index (χ0n) is 10.9. The van der Waals surface area contributed by atoms with Crippen molar-refractivity contribution in [3.8, 4) is 0 Å². The Morgan fingerprint density at radius 3 is 2.95 bits per heavy atom. The lowest BCUT2D eigenvalue weighted by molar-refractivity contribution is -0.146. The molecule has 3 aliphatic rings. The van der Waals surface area contributed by atoms with Crippen molar-refractivity contribution in [2.75, 3.05) is 6.61 Å². The number of carbonyl (C=O) groups is 2. The molecule has 1 heterocycles. The molecule has 4 nitrogen and oxygen atoms in total. The Morgan fingerprint density at radius 2 is 2.16 bits per heavy atom. The Kier molecular flexibility index (Phi) is 3.37. The van der Waals surface area contributed by atoms with Gasteiger partial charge in [0.1, 0.15) is 6.10 Å². The van der Waals surface area contributed by atoms with E-state index in [2.05, 4.69) is 0 Å². The molecule has 0 N–H and O–H groups in total. The van der Waals surface area contributed by atoms with Gasteiger partial charge in [-0.3, -0.25) is 9.59 Å². The van der Waals surface area contributed by atoms with Gasteiger partial charge < -0.3 is 9.47 Å². The first-order valence-electron chi connectivity index (χ1n) is 6.93. The van der Waals surface area contributed by atoms with Crippen molar-refractivity contribution < 1.29 is 19.1 Å². The Hall–Kier alpha value is -1.26. The number of hydrogen-bond acceptors (Lipinski definition) is 4. The summed E-state index contributed by atoms with van der Waals surface area (Å²) in [5, 5.41) is 0. The number of hydrogen-bond donors (Lipinski definition) is 0. The van der Waals surface area contributed by atoms with Crippen LogP contribution in [-0.4, -0.2) is 32.5 Å². The molecule has 0 aromatic heterocycles. The molecule has 0 bridgehead atoms. The summed E-state index contributed by atoms with van der Waals surface area (Å²) in [6, 6.07) is 0. The largest absolute Gasteiger partial charge is 0.465 e. The minimum Gasteiger partial charge on any atom is -0.465 e. The SMILES string of the molecule is [B]CC(=O)O[C@H]1CCC2=C(CC3COC(=O)C3C2)C1. The van der Waals surface area contributed by atoms with E-state index in [-0.39, 0.29) is 30.3 Å². The zero-order valence-corrected chi connectivity index (χ0v) is 10.9. The molecule has 0 aromatic carbocycles. The van der Waals surface area contributed by atoms with E-state index in [1.54, 1.807) is 0 Å². The fraction of sp³-hybridized carbons (Fsp3) is 0.714. The maximum absolute atomic E-state index is 11.6. The molecule has 0 spiro atoms. The van der Waals surface area contributed by atoms with Crippen LogP contribution in [0.1, 0.15) is 32.1 Å². The Balaban J connectivity index is 1.67. The summed E-state index contributed by atoms with van der Waals surface area (Å²) in [6.45, 7) is 0.549. The number of allylic oxidation sites excluding steroid dienone is 1. The van der Waals surface area contributed by atoms with Crippen molar-refractivity contribution in [3.05, 3.63) is 11.1 Å². The van der Waals surface area contributed by atoms with Gasteiger partial charge in [-0.25, -0.2) is 0 Å². The van der Waals surface area contributed by atoms with Crippen LogP contribution in [0.2, 0.25) is 6.32 Å². The molecule has 2 radical (unpaired) electrons. The van der Waals surface area contributed by atoms with Crippen LogP contribution in [0, 0.1) is 11.8 Å². The fourth-order valence-electron chi connectivity index (χ4n) is 3.48. The highest BCUT2D eigenvalue weighted by molar-refractivity contribution is 6.18. The van der Waals surface area contributed by atoms with Crippen LogP contribution in [0.15, 0.2) is 11.1 Å². The number of rotatable bonds is 2. The predicted molar refractivity (Wildman–Crippen MR) is 68.5 cm³/mol. The molecule has 100 valence electrons. The Bertz CT molecular complexity index is 443. The average Bonchev–Trinajstić information content (AvgIpc) is 2.77. The van der Waals surface area contributed by atoms with E-state index in [9.17, 15) is 9.59 Å². The summed E-state index contributed by atoms with van der Waals surface area (Å²) in [5.74, 6) is 0.0347. The summed E-state index contributed by atoms with van der Waals surface area (Å²) in [7, 11) is 5.27. The van der Waals surface area contributed by atoms with Gasteiger partial charge >= 0.3 is 5.97 Å².